The van der Waals surface area contributed by atoms with Crippen LogP contribution in [-0.4, -0.2) is 32.4 Å². The lowest BCUT2D eigenvalue weighted by atomic mass is 10.3. The van der Waals surface area contributed by atoms with E-state index >= 15 is 0 Å². The van der Waals surface area contributed by atoms with E-state index in [0.29, 0.717) is 12.1 Å². The van der Waals surface area contributed by atoms with Gasteiger partial charge in [-0.3, -0.25) is 14.6 Å². The monoisotopic (exact) mass is 219 g/mol. The topological polar surface area (TPSA) is 75.6 Å². The molecule has 2 rings (SSSR count). The molecule has 0 radical (unpaired) electrons. The van der Waals surface area contributed by atoms with E-state index in [-0.39, 0.29) is 5.91 Å². The van der Waals surface area contributed by atoms with Gasteiger partial charge in [0.2, 0.25) is 0 Å². The molecule has 0 aliphatic rings. The number of rotatable bonds is 4. The summed E-state index contributed by atoms with van der Waals surface area (Å²) in [6, 6.07) is 1.93. The molecule has 0 spiro atoms. The Morgan fingerprint density at radius 3 is 3.12 bits per heavy atom. The lowest BCUT2D eigenvalue weighted by Crippen LogP contribution is -2.25. The third-order valence-electron chi connectivity index (χ3n) is 2.35. The molecular formula is C10H13N5O. The Bertz CT molecular complexity index is 459. The Morgan fingerprint density at radius 1 is 1.62 bits per heavy atom. The lowest BCUT2D eigenvalue weighted by Gasteiger charge is -2.03. The maximum atomic E-state index is 11.5. The highest BCUT2D eigenvalue weighted by Gasteiger charge is 2.05. The summed E-state index contributed by atoms with van der Waals surface area (Å²) in [5.41, 5.74) is 1.64. The number of aromatic amines is 1. The largest absolute Gasteiger partial charge is 0.352 e. The van der Waals surface area contributed by atoms with E-state index in [4.69, 9.17) is 0 Å². The van der Waals surface area contributed by atoms with Crippen LogP contribution < -0.4 is 5.32 Å². The van der Waals surface area contributed by atoms with Crippen LogP contribution in [0.3, 0.4) is 0 Å². The number of carbonyl (C=O) groups excluding carboxylic acids is 1. The Morgan fingerprint density at radius 2 is 2.50 bits per heavy atom. The molecule has 2 heterocycles. The average Bonchev–Trinajstić information content (AvgIpc) is 2.90. The Kier molecular flexibility index (Phi) is 3.00. The van der Waals surface area contributed by atoms with E-state index in [0.717, 1.165) is 12.1 Å². The highest BCUT2D eigenvalue weighted by molar-refractivity contribution is 5.93. The minimum absolute atomic E-state index is 0.115. The van der Waals surface area contributed by atoms with Crippen molar-refractivity contribution in [3.63, 3.8) is 0 Å². The van der Waals surface area contributed by atoms with Gasteiger partial charge in [0.25, 0.3) is 5.91 Å². The second-order valence-electron chi connectivity index (χ2n) is 3.44. The predicted molar refractivity (Wildman–Crippen MR) is 57.8 cm³/mol. The summed E-state index contributed by atoms with van der Waals surface area (Å²) in [5, 5.41) is 13.2. The van der Waals surface area contributed by atoms with Crippen LogP contribution in [0.2, 0.25) is 0 Å². The fourth-order valence-corrected chi connectivity index (χ4v) is 1.43. The minimum Gasteiger partial charge on any atom is -0.352 e. The van der Waals surface area contributed by atoms with Crippen molar-refractivity contribution in [2.24, 2.45) is 7.05 Å². The molecule has 6 nitrogen and oxygen atoms in total. The smallest absolute Gasteiger partial charge is 0.254 e. The Hall–Kier alpha value is -2.11. The van der Waals surface area contributed by atoms with Crippen LogP contribution in [0.15, 0.2) is 24.7 Å². The molecule has 0 atom stereocenters. The number of carbonyl (C=O) groups is 1. The first kappa shape index (κ1) is 10.4. The van der Waals surface area contributed by atoms with E-state index in [1.807, 2.05) is 13.1 Å². The second kappa shape index (κ2) is 4.61. The first-order chi connectivity index (χ1) is 7.77. The molecule has 16 heavy (non-hydrogen) atoms. The second-order valence-corrected chi connectivity index (χ2v) is 3.44. The molecule has 2 aromatic heterocycles. The molecule has 2 aromatic rings. The summed E-state index contributed by atoms with van der Waals surface area (Å²) in [6.07, 6.45) is 5.58. The average molecular weight is 219 g/mol. The molecule has 0 fully saturated rings. The summed E-state index contributed by atoms with van der Waals surface area (Å²) in [5.74, 6) is -0.115. The maximum absolute atomic E-state index is 11.5. The molecule has 0 aromatic carbocycles. The van der Waals surface area contributed by atoms with Crippen LogP contribution >= 0.6 is 0 Å². The molecule has 2 N–H and O–H groups in total. The van der Waals surface area contributed by atoms with Crippen molar-refractivity contribution >= 4 is 5.91 Å². The number of hydrogen-bond acceptors (Lipinski definition) is 3. The van der Waals surface area contributed by atoms with Gasteiger partial charge in [0.1, 0.15) is 0 Å². The summed E-state index contributed by atoms with van der Waals surface area (Å²) in [4.78, 5) is 11.5. The van der Waals surface area contributed by atoms with Crippen LogP contribution in [0.5, 0.6) is 0 Å². The number of aryl methyl sites for hydroxylation is 1. The van der Waals surface area contributed by atoms with Gasteiger partial charge in [0, 0.05) is 38.1 Å². The molecule has 84 valence electrons. The fraction of sp³-hybridized carbons (Fsp3) is 0.300. The van der Waals surface area contributed by atoms with Gasteiger partial charge in [-0.25, -0.2) is 0 Å². The number of hydrogen-bond donors (Lipinski definition) is 2. The van der Waals surface area contributed by atoms with Gasteiger partial charge in [-0.15, -0.1) is 0 Å². The van der Waals surface area contributed by atoms with E-state index in [1.165, 1.54) is 6.20 Å². The molecule has 0 aliphatic heterocycles. The molecule has 0 bridgehead atoms. The Balaban J connectivity index is 1.81. The molecule has 0 saturated carbocycles. The number of nitrogens with one attached hydrogen (secondary N) is 2. The van der Waals surface area contributed by atoms with Crippen molar-refractivity contribution in [1.29, 1.82) is 0 Å². The molecule has 6 heteroatoms. The van der Waals surface area contributed by atoms with Crippen LogP contribution in [-0.2, 0) is 13.5 Å². The van der Waals surface area contributed by atoms with E-state index < -0.39 is 0 Å². The summed E-state index contributed by atoms with van der Waals surface area (Å²) < 4.78 is 1.80. The van der Waals surface area contributed by atoms with Crippen molar-refractivity contribution in [2.75, 3.05) is 6.54 Å². The van der Waals surface area contributed by atoms with Gasteiger partial charge in [-0.2, -0.15) is 10.2 Å². The predicted octanol–water partition coefficient (Wildman–Crippen LogP) is 0.116. The molecule has 0 saturated heterocycles. The van der Waals surface area contributed by atoms with Gasteiger partial charge >= 0.3 is 0 Å². The van der Waals surface area contributed by atoms with E-state index in [2.05, 4.69) is 20.6 Å². The van der Waals surface area contributed by atoms with Gasteiger partial charge < -0.3 is 5.32 Å². The first-order valence-electron chi connectivity index (χ1n) is 5.01. The lowest BCUT2D eigenvalue weighted by molar-refractivity contribution is 0.0954. The Labute approximate surface area is 92.7 Å². The SMILES string of the molecule is Cn1nccc1CCNC(=O)c1cn[nH]c1. The highest BCUT2D eigenvalue weighted by Crippen LogP contribution is 1.97. The zero-order valence-electron chi connectivity index (χ0n) is 8.97. The van der Waals surface area contributed by atoms with Crippen molar-refractivity contribution in [3.8, 4) is 0 Å². The number of H-pyrrole nitrogens is 1. The summed E-state index contributed by atoms with van der Waals surface area (Å²) in [7, 11) is 1.88. The zero-order valence-corrected chi connectivity index (χ0v) is 8.97. The normalized spacial score (nSPS) is 10.3. The quantitative estimate of drug-likeness (QED) is 0.766. The number of amides is 1. The minimum atomic E-state index is -0.115. The molecule has 0 aliphatic carbocycles. The number of nitrogens with zero attached hydrogens (tertiary/aromatic N) is 3. The van der Waals surface area contributed by atoms with Gasteiger partial charge in [-0.05, 0) is 6.07 Å². The van der Waals surface area contributed by atoms with Crippen LogP contribution in [0, 0.1) is 0 Å². The van der Waals surface area contributed by atoms with Crippen molar-refractivity contribution in [2.45, 2.75) is 6.42 Å². The third-order valence-corrected chi connectivity index (χ3v) is 2.35. The fourth-order valence-electron chi connectivity index (χ4n) is 1.43. The van der Waals surface area contributed by atoms with E-state index in [9.17, 15) is 4.79 Å². The van der Waals surface area contributed by atoms with Crippen molar-refractivity contribution in [3.05, 3.63) is 35.9 Å². The van der Waals surface area contributed by atoms with Crippen molar-refractivity contribution in [1.82, 2.24) is 25.3 Å². The standard InChI is InChI=1S/C10H13N5O/c1-15-9(3-5-14-15)2-4-11-10(16)8-6-12-13-7-8/h3,5-7H,2,4H2,1H3,(H,11,16)(H,12,13). The van der Waals surface area contributed by atoms with Crippen LogP contribution in [0.25, 0.3) is 0 Å². The van der Waals surface area contributed by atoms with Gasteiger partial charge in [0.05, 0.1) is 11.8 Å². The molecule has 1 amide bonds. The molecule has 0 unspecified atom stereocenters. The van der Waals surface area contributed by atoms with Crippen LogP contribution in [0.1, 0.15) is 16.1 Å². The highest BCUT2D eigenvalue weighted by atomic mass is 16.1. The van der Waals surface area contributed by atoms with Crippen molar-refractivity contribution < 1.29 is 4.79 Å². The van der Waals surface area contributed by atoms with Gasteiger partial charge in [0.15, 0.2) is 0 Å². The maximum Gasteiger partial charge on any atom is 0.254 e. The third kappa shape index (κ3) is 2.28. The molecular weight excluding hydrogens is 206 g/mol. The first-order valence-corrected chi connectivity index (χ1v) is 5.01. The van der Waals surface area contributed by atoms with E-state index in [1.54, 1.807) is 17.1 Å². The summed E-state index contributed by atoms with van der Waals surface area (Å²) >= 11 is 0. The number of aromatic nitrogens is 4. The van der Waals surface area contributed by atoms with Crippen LogP contribution in [0.4, 0.5) is 0 Å². The van der Waals surface area contributed by atoms with Gasteiger partial charge in [-0.1, -0.05) is 0 Å². The zero-order chi connectivity index (χ0) is 11.4. The summed E-state index contributed by atoms with van der Waals surface area (Å²) in [6.45, 7) is 0.587.